The van der Waals surface area contributed by atoms with E-state index in [2.05, 4.69) is 26.0 Å². The molecule has 4 aromatic rings. The van der Waals surface area contributed by atoms with Gasteiger partial charge >= 0.3 is 0 Å². The summed E-state index contributed by atoms with van der Waals surface area (Å²) in [6, 6.07) is 8.05. The molecule has 1 aromatic carbocycles. The van der Waals surface area contributed by atoms with Gasteiger partial charge in [0.1, 0.15) is 5.65 Å². The maximum Gasteiger partial charge on any atom is 0.137 e. The largest absolute Gasteiger partial charge is 0.346 e. The van der Waals surface area contributed by atoms with Gasteiger partial charge in [0.15, 0.2) is 0 Å². The first-order chi connectivity index (χ1) is 9.31. The number of H-pyrrole nitrogens is 2. The molecule has 0 fully saturated rings. The van der Waals surface area contributed by atoms with Crippen LogP contribution >= 0.6 is 11.6 Å². The number of imidazole rings is 1. The molecule has 0 bridgehead atoms. The predicted molar refractivity (Wildman–Crippen MR) is 76.2 cm³/mol. The van der Waals surface area contributed by atoms with Crippen LogP contribution in [-0.4, -0.2) is 19.9 Å². The second-order valence-corrected chi connectivity index (χ2v) is 4.82. The molecule has 0 aliphatic rings. The minimum absolute atomic E-state index is 0.635. The van der Waals surface area contributed by atoms with Crippen LogP contribution in [0.1, 0.15) is 0 Å². The van der Waals surface area contributed by atoms with Gasteiger partial charge in [0.2, 0.25) is 0 Å². The van der Waals surface area contributed by atoms with Crippen LogP contribution in [0.4, 0.5) is 0 Å². The van der Waals surface area contributed by atoms with Gasteiger partial charge in [-0.15, -0.1) is 0 Å². The molecule has 0 unspecified atom stereocenters. The predicted octanol–water partition coefficient (Wildman–Crippen LogP) is 3.76. The van der Waals surface area contributed by atoms with Crippen molar-refractivity contribution in [2.75, 3.05) is 0 Å². The first-order valence-corrected chi connectivity index (χ1v) is 6.25. The molecule has 3 heterocycles. The SMILES string of the molecule is Clc1cnc2[nH]cc(-c3ccc4nc[nH]c4c3)c2c1. The molecule has 4 rings (SSSR count). The normalized spacial score (nSPS) is 11.4. The first-order valence-electron chi connectivity index (χ1n) is 5.87. The molecule has 3 aromatic heterocycles. The molecular weight excluding hydrogens is 260 g/mol. The molecule has 5 heteroatoms. The van der Waals surface area contributed by atoms with Gasteiger partial charge in [0.25, 0.3) is 0 Å². The lowest BCUT2D eigenvalue weighted by Crippen LogP contribution is -1.78. The van der Waals surface area contributed by atoms with E-state index in [0.29, 0.717) is 5.02 Å². The van der Waals surface area contributed by atoms with Crippen molar-refractivity contribution in [2.24, 2.45) is 0 Å². The van der Waals surface area contributed by atoms with E-state index in [-0.39, 0.29) is 0 Å². The van der Waals surface area contributed by atoms with E-state index in [0.717, 1.165) is 33.2 Å². The van der Waals surface area contributed by atoms with Crippen LogP contribution in [0.15, 0.2) is 43.0 Å². The van der Waals surface area contributed by atoms with Gasteiger partial charge in [-0.1, -0.05) is 17.7 Å². The van der Waals surface area contributed by atoms with Crippen molar-refractivity contribution >= 4 is 33.7 Å². The van der Waals surface area contributed by atoms with E-state index in [1.807, 2.05) is 24.4 Å². The van der Waals surface area contributed by atoms with Crippen molar-refractivity contribution in [1.82, 2.24) is 19.9 Å². The van der Waals surface area contributed by atoms with E-state index in [1.54, 1.807) is 12.5 Å². The van der Waals surface area contributed by atoms with Gasteiger partial charge in [-0.05, 0) is 23.8 Å². The molecule has 0 amide bonds. The highest BCUT2D eigenvalue weighted by Crippen LogP contribution is 2.30. The van der Waals surface area contributed by atoms with Crippen LogP contribution in [0.2, 0.25) is 5.02 Å². The lowest BCUT2D eigenvalue weighted by atomic mass is 10.1. The van der Waals surface area contributed by atoms with Crippen LogP contribution in [0.3, 0.4) is 0 Å². The molecule has 2 N–H and O–H groups in total. The van der Waals surface area contributed by atoms with Crippen molar-refractivity contribution in [3.05, 3.63) is 48.0 Å². The van der Waals surface area contributed by atoms with Crippen molar-refractivity contribution in [1.29, 1.82) is 0 Å². The van der Waals surface area contributed by atoms with Gasteiger partial charge in [0.05, 0.1) is 22.4 Å². The number of hydrogen-bond acceptors (Lipinski definition) is 2. The minimum Gasteiger partial charge on any atom is -0.346 e. The molecule has 0 saturated heterocycles. The Bertz CT molecular complexity index is 891. The Balaban J connectivity index is 2.00. The molecule has 0 radical (unpaired) electrons. The van der Waals surface area contributed by atoms with Gasteiger partial charge in [-0.25, -0.2) is 9.97 Å². The molecule has 92 valence electrons. The van der Waals surface area contributed by atoms with Crippen LogP contribution < -0.4 is 0 Å². The number of hydrogen-bond donors (Lipinski definition) is 2. The fourth-order valence-electron chi connectivity index (χ4n) is 2.32. The molecule has 4 nitrogen and oxygen atoms in total. The number of aromatic nitrogens is 4. The summed E-state index contributed by atoms with van der Waals surface area (Å²) in [6.07, 6.45) is 5.29. The zero-order chi connectivity index (χ0) is 12.8. The number of pyridine rings is 1. The Hall–Kier alpha value is -2.33. The summed E-state index contributed by atoms with van der Waals surface area (Å²) < 4.78 is 0. The van der Waals surface area contributed by atoms with Crippen LogP contribution in [0.5, 0.6) is 0 Å². The highest BCUT2D eigenvalue weighted by Gasteiger charge is 2.08. The molecule has 0 spiro atoms. The smallest absolute Gasteiger partial charge is 0.137 e. The number of fused-ring (bicyclic) bond motifs is 2. The first kappa shape index (κ1) is 10.6. The van der Waals surface area contributed by atoms with E-state index in [4.69, 9.17) is 11.6 Å². The standard InChI is InChI=1S/C14H9ClN4/c15-9-4-10-11(6-17-14(10)16-5-9)8-1-2-12-13(3-8)19-7-18-12/h1-7H,(H,16,17)(H,18,19). The number of rotatable bonds is 1. The highest BCUT2D eigenvalue weighted by atomic mass is 35.5. The summed E-state index contributed by atoms with van der Waals surface area (Å²) in [6.45, 7) is 0. The third-order valence-corrected chi connectivity index (χ3v) is 3.44. The van der Waals surface area contributed by atoms with Crippen molar-refractivity contribution in [3.8, 4) is 11.1 Å². The van der Waals surface area contributed by atoms with Gasteiger partial charge < -0.3 is 9.97 Å². The van der Waals surface area contributed by atoms with E-state index >= 15 is 0 Å². The average molecular weight is 269 g/mol. The average Bonchev–Trinajstić information content (AvgIpc) is 3.03. The molecule has 0 aliphatic heterocycles. The number of halogens is 1. The maximum absolute atomic E-state index is 6.02. The zero-order valence-corrected chi connectivity index (χ0v) is 10.6. The monoisotopic (exact) mass is 268 g/mol. The summed E-state index contributed by atoms with van der Waals surface area (Å²) in [5.41, 5.74) is 5.00. The van der Waals surface area contributed by atoms with Crippen molar-refractivity contribution in [2.45, 2.75) is 0 Å². The fraction of sp³-hybridized carbons (Fsp3) is 0. The van der Waals surface area contributed by atoms with Crippen LogP contribution in [0, 0.1) is 0 Å². The third kappa shape index (κ3) is 1.61. The Morgan fingerprint density at radius 2 is 2.00 bits per heavy atom. The van der Waals surface area contributed by atoms with E-state index in [1.165, 1.54) is 0 Å². The Kier molecular flexibility index (Phi) is 2.13. The van der Waals surface area contributed by atoms with Gasteiger partial charge in [0, 0.05) is 23.3 Å². The topological polar surface area (TPSA) is 57.4 Å². The summed E-state index contributed by atoms with van der Waals surface area (Å²) in [5.74, 6) is 0. The van der Waals surface area contributed by atoms with E-state index in [9.17, 15) is 0 Å². The molecule has 0 atom stereocenters. The van der Waals surface area contributed by atoms with Crippen LogP contribution in [-0.2, 0) is 0 Å². The Morgan fingerprint density at radius 1 is 1.05 bits per heavy atom. The summed E-state index contributed by atoms with van der Waals surface area (Å²) in [4.78, 5) is 14.8. The number of nitrogens with zero attached hydrogens (tertiary/aromatic N) is 2. The maximum atomic E-state index is 6.02. The summed E-state index contributed by atoms with van der Waals surface area (Å²) in [5, 5.41) is 1.65. The number of nitrogens with one attached hydrogen (secondary N) is 2. The number of benzene rings is 1. The quantitative estimate of drug-likeness (QED) is 0.552. The lowest BCUT2D eigenvalue weighted by Gasteiger charge is -2.00. The molecule has 0 aliphatic carbocycles. The summed E-state index contributed by atoms with van der Waals surface area (Å²) in [7, 11) is 0. The summed E-state index contributed by atoms with van der Waals surface area (Å²) >= 11 is 6.02. The molecule has 19 heavy (non-hydrogen) atoms. The van der Waals surface area contributed by atoms with Crippen LogP contribution in [0.25, 0.3) is 33.2 Å². The van der Waals surface area contributed by atoms with Gasteiger partial charge in [-0.2, -0.15) is 0 Å². The molecule has 0 saturated carbocycles. The third-order valence-electron chi connectivity index (χ3n) is 3.23. The highest BCUT2D eigenvalue weighted by molar-refractivity contribution is 6.31. The molecular formula is C14H9ClN4. The zero-order valence-electron chi connectivity index (χ0n) is 9.81. The Labute approximate surface area is 113 Å². The Morgan fingerprint density at radius 3 is 2.95 bits per heavy atom. The fourth-order valence-corrected chi connectivity index (χ4v) is 2.48. The van der Waals surface area contributed by atoms with Crippen molar-refractivity contribution < 1.29 is 0 Å². The van der Waals surface area contributed by atoms with E-state index < -0.39 is 0 Å². The minimum atomic E-state index is 0.635. The van der Waals surface area contributed by atoms with Crippen molar-refractivity contribution in [3.63, 3.8) is 0 Å². The van der Waals surface area contributed by atoms with Gasteiger partial charge in [-0.3, -0.25) is 0 Å². The second kappa shape index (κ2) is 3.83. The number of aromatic amines is 2. The second-order valence-electron chi connectivity index (χ2n) is 4.39. The lowest BCUT2D eigenvalue weighted by molar-refractivity contribution is 1.33.